The van der Waals surface area contributed by atoms with Crippen molar-refractivity contribution in [2.75, 3.05) is 11.9 Å². The van der Waals surface area contributed by atoms with Crippen molar-refractivity contribution in [3.05, 3.63) is 71.9 Å². The molecule has 47 heavy (non-hydrogen) atoms. The number of carbonyl (C=O) groups is 1. The number of fused-ring (bicyclic) bond motifs is 5. The lowest BCUT2D eigenvalue weighted by molar-refractivity contribution is -0.154. The van der Waals surface area contributed by atoms with Crippen LogP contribution in [0, 0.1) is 30.5 Å². The van der Waals surface area contributed by atoms with Crippen LogP contribution in [0.3, 0.4) is 0 Å². The number of hydrogen-bond donors (Lipinski definition) is 1. The zero-order valence-corrected chi connectivity index (χ0v) is 26.1. The first-order valence-electron chi connectivity index (χ1n) is 15.2. The Labute approximate surface area is 266 Å². The van der Waals surface area contributed by atoms with Crippen LogP contribution in [0.4, 0.5) is 23.4 Å². The van der Waals surface area contributed by atoms with Gasteiger partial charge in [0.05, 0.1) is 29.2 Å². The molecule has 2 atom stereocenters. The topological polar surface area (TPSA) is 120 Å². The third-order valence-electron chi connectivity index (χ3n) is 9.27. The van der Waals surface area contributed by atoms with Gasteiger partial charge in [-0.25, -0.2) is 31.3 Å². The van der Waals surface area contributed by atoms with Gasteiger partial charge in [0.15, 0.2) is 17.3 Å². The molecule has 2 bridgehead atoms. The van der Waals surface area contributed by atoms with Gasteiger partial charge in [0, 0.05) is 29.4 Å². The zero-order valence-electron chi connectivity index (χ0n) is 25.3. The fraction of sp³-hybridized carbons (Fsp3) is 0.375. The molecule has 3 aliphatic carbocycles. The van der Waals surface area contributed by atoms with Gasteiger partial charge < -0.3 is 10.1 Å². The second kappa shape index (κ2) is 11.3. The molecule has 1 N–H and O–H groups in total. The summed E-state index contributed by atoms with van der Waals surface area (Å²) in [6, 6.07) is 7.65. The smallest absolute Gasteiger partial charge is 0.417 e. The average molecular weight is 671 g/mol. The van der Waals surface area contributed by atoms with Crippen LogP contribution in [0.1, 0.15) is 43.7 Å². The molecular formula is C32H30F4N6O4S. The number of nitrogens with one attached hydrogen (secondary N) is 1. The summed E-state index contributed by atoms with van der Waals surface area (Å²) in [5.74, 6) is -1.73. The fourth-order valence-electron chi connectivity index (χ4n) is 7.01. The number of hydrogen-bond acceptors (Lipinski definition) is 8. The first-order chi connectivity index (χ1) is 22.3. The lowest BCUT2D eigenvalue weighted by Gasteiger charge is -2.47. The quantitative estimate of drug-likeness (QED) is 0.160. The minimum atomic E-state index is -4.70. The van der Waals surface area contributed by atoms with Crippen molar-refractivity contribution in [1.82, 2.24) is 23.6 Å². The van der Waals surface area contributed by atoms with Crippen molar-refractivity contribution in [2.24, 2.45) is 17.8 Å². The monoisotopic (exact) mass is 670 g/mol. The third-order valence-corrected chi connectivity index (χ3v) is 10.9. The predicted molar refractivity (Wildman–Crippen MR) is 163 cm³/mol. The second-order valence-corrected chi connectivity index (χ2v) is 14.0. The van der Waals surface area contributed by atoms with Gasteiger partial charge in [0.25, 0.3) is 10.0 Å². The van der Waals surface area contributed by atoms with E-state index in [1.165, 1.54) is 18.3 Å². The Kier molecular flexibility index (Phi) is 7.49. The van der Waals surface area contributed by atoms with Crippen LogP contribution in [-0.2, 0) is 25.7 Å². The molecule has 0 unspecified atom stereocenters. The van der Waals surface area contributed by atoms with Gasteiger partial charge >= 0.3 is 12.1 Å². The third kappa shape index (κ3) is 5.39. The highest BCUT2D eigenvalue weighted by Gasteiger charge is 2.48. The molecule has 8 rings (SSSR count). The summed E-state index contributed by atoms with van der Waals surface area (Å²) in [7, 11) is -4.25. The predicted octanol–water partition coefficient (Wildman–Crippen LogP) is 6.23. The molecule has 0 saturated heterocycles. The fourth-order valence-corrected chi connectivity index (χ4v) is 8.33. The summed E-state index contributed by atoms with van der Waals surface area (Å²) < 4.78 is 91.2. The molecule has 4 heterocycles. The van der Waals surface area contributed by atoms with Crippen molar-refractivity contribution in [2.45, 2.75) is 56.6 Å². The van der Waals surface area contributed by atoms with Crippen molar-refractivity contribution in [3.8, 4) is 11.4 Å². The van der Waals surface area contributed by atoms with Crippen LogP contribution in [0.2, 0.25) is 0 Å². The Balaban J connectivity index is 1.41. The van der Waals surface area contributed by atoms with Crippen LogP contribution in [0.5, 0.6) is 0 Å². The Hall–Kier alpha value is -4.53. The zero-order chi connectivity index (χ0) is 33.2. The molecule has 15 heteroatoms. The van der Waals surface area contributed by atoms with Gasteiger partial charge in [-0.15, -0.1) is 5.10 Å². The standard InChI is InChI=1S/C32H30F4N6O4S/c1-3-46-31(43)26-18-6-8-19(9-7-18)27(26)38-29-25-12-20(32(34,35)36)15-41(25)40-28(39-29)24-16-42(30-23(24)13-21(33)14-37-30)47(44,45)22-10-4-17(2)5-11-22/h4-5,10-16,18-19,26-27H,3,6-9H2,1-2H3,(H,38,39,40)/t18?,19?,26-,27-/m1/s1. The maximum atomic E-state index is 14.6. The normalized spacial score (nSPS) is 21.4. The van der Waals surface area contributed by atoms with Crippen LogP contribution >= 0.6 is 0 Å². The van der Waals surface area contributed by atoms with Gasteiger partial charge in [-0.05, 0) is 75.6 Å². The summed E-state index contributed by atoms with van der Waals surface area (Å²) in [6.45, 7) is 3.71. The molecule has 0 aliphatic heterocycles. The van der Waals surface area contributed by atoms with Crippen LogP contribution in [0.25, 0.3) is 27.9 Å². The molecule has 246 valence electrons. The number of rotatable bonds is 7. The number of nitrogens with zero attached hydrogens (tertiary/aromatic N) is 5. The van der Waals surface area contributed by atoms with Crippen molar-refractivity contribution in [1.29, 1.82) is 0 Å². The van der Waals surface area contributed by atoms with E-state index in [2.05, 4.69) is 20.4 Å². The Morgan fingerprint density at radius 1 is 1.06 bits per heavy atom. The lowest BCUT2D eigenvalue weighted by atomic mass is 9.61. The lowest BCUT2D eigenvalue weighted by Crippen LogP contribution is -2.52. The second-order valence-electron chi connectivity index (χ2n) is 12.1. The maximum Gasteiger partial charge on any atom is 0.417 e. The molecular weight excluding hydrogens is 640 g/mol. The van der Waals surface area contributed by atoms with Crippen LogP contribution < -0.4 is 5.32 Å². The molecule has 3 aliphatic rings. The molecule has 5 aromatic rings. The van der Waals surface area contributed by atoms with Crippen molar-refractivity contribution in [3.63, 3.8) is 0 Å². The number of anilines is 1. The Bertz CT molecular complexity index is 2120. The first-order valence-corrected chi connectivity index (χ1v) is 16.7. The molecule has 1 aromatic carbocycles. The summed E-state index contributed by atoms with van der Waals surface area (Å²) in [5, 5.41) is 7.67. The highest BCUT2D eigenvalue weighted by atomic mass is 32.2. The highest BCUT2D eigenvalue weighted by molar-refractivity contribution is 7.90. The van der Waals surface area contributed by atoms with Gasteiger partial charge in [0.2, 0.25) is 0 Å². The number of carbonyl (C=O) groups excluding carboxylic acids is 1. The minimum absolute atomic E-state index is 0.00505. The van der Waals surface area contributed by atoms with Gasteiger partial charge in [0.1, 0.15) is 11.3 Å². The van der Waals surface area contributed by atoms with Crippen LogP contribution in [0.15, 0.2) is 59.9 Å². The van der Waals surface area contributed by atoms with E-state index < -0.39 is 39.5 Å². The van der Waals surface area contributed by atoms with Gasteiger partial charge in [-0.3, -0.25) is 4.79 Å². The number of aryl methyl sites for hydroxylation is 1. The largest absolute Gasteiger partial charge is 0.466 e. The molecule has 3 fully saturated rings. The number of alkyl halides is 3. The molecule has 3 saturated carbocycles. The van der Waals surface area contributed by atoms with Gasteiger partial charge in [-0.2, -0.15) is 13.2 Å². The van der Waals surface area contributed by atoms with E-state index in [0.717, 1.165) is 64.3 Å². The van der Waals surface area contributed by atoms with E-state index in [-0.39, 0.29) is 63.1 Å². The molecule has 0 amide bonds. The summed E-state index contributed by atoms with van der Waals surface area (Å²) in [5.41, 5.74) is -0.218. The molecule has 4 aromatic heterocycles. The SMILES string of the molecule is CCOC(=O)[C@@H]1C2CCC(CC2)[C@H]1Nc1nc(-c2cn(S(=O)(=O)c3ccc(C)cc3)c3ncc(F)cc23)nn2cc(C(F)(F)F)cc12. The van der Waals surface area contributed by atoms with E-state index in [4.69, 9.17) is 4.74 Å². The highest BCUT2D eigenvalue weighted by Crippen LogP contribution is 2.47. The van der Waals surface area contributed by atoms with E-state index in [0.29, 0.717) is 0 Å². The Morgan fingerprint density at radius 3 is 2.45 bits per heavy atom. The molecule has 10 nitrogen and oxygen atoms in total. The van der Waals surface area contributed by atoms with E-state index in [1.54, 1.807) is 19.1 Å². The van der Waals surface area contributed by atoms with Crippen molar-refractivity contribution >= 4 is 38.4 Å². The number of halogens is 4. The molecule has 0 radical (unpaired) electrons. The van der Waals surface area contributed by atoms with E-state index in [9.17, 15) is 30.8 Å². The average Bonchev–Trinajstić information content (AvgIpc) is 3.65. The molecule has 0 spiro atoms. The minimum Gasteiger partial charge on any atom is -0.466 e. The summed E-state index contributed by atoms with van der Waals surface area (Å²) in [6.07, 6.45) is 1.51. The summed E-state index contributed by atoms with van der Waals surface area (Å²) in [4.78, 5) is 21.8. The van der Waals surface area contributed by atoms with Gasteiger partial charge in [-0.1, -0.05) is 17.7 Å². The first kappa shape index (κ1) is 31.1. The van der Waals surface area contributed by atoms with E-state index >= 15 is 0 Å². The Morgan fingerprint density at radius 2 is 1.77 bits per heavy atom. The number of ether oxygens (including phenoxy) is 1. The number of pyridine rings is 1. The van der Waals surface area contributed by atoms with Crippen molar-refractivity contribution < 1.29 is 35.5 Å². The summed E-state index contributed by atoms with van der Waals surface area (Å²) >= 11 is 0. The number of benzene rings is 1. The number of esters is 1. The maximum absolute atomic E-state index is 14.6. The van der Waals surface area contributed by atoms with E-state index in [1.807, 2.05) is 6.92 Å². The van der Waals surface area contributed by atoms with Crippen LogP contribution in [-0.4, -0.2) is 50.6 Å². The number of aromatic nitrogens is 5.